The van der Waals surface area contributed by atoms with Crippen LogP contribution in [-0.4, -0.2) is 71.1 Å². The number of hydrogen-bond acceptors (Lipinski definition) is 7. The number of nitrogens with zero attached hydrogens (tertiary/aromatic N) is 6. The topological polar surface area (TPSA) is 85.6 Å². The Balaban J connectivity index is 1.48. The largest absolute Gasteiger partial charge is 0.445 e. The number of amides is 1. The summed E-state index contributed by atoms with van der Waals surface area (Å²) in [6.45, 7) is 3.90. The van der Waals surface area contributed by atoms with Crippen molar-refractivity contribution < 1.29 is 14.3 Å². The van der Waals surface area contributed by atoms with E-state index in [-0.39, 0.29) is 12.7 Å². The van der Waals surface area contributed by atoms with Crippen LogP contribution in [0.4, 0.5) is 10.7 Å². The minimum Gasteiger partial charge on any atom is -0.445 e. The highest BCUT2D eigenvalue weighted by Crippen LogP contribution is 2.13. The van der Waals surface area contributed by atoms with E-state index in [1.807, 2.05) is 30.3 Å². The van der Waals surface area contributed by atoms with Crippen molar-refractivity contribution in [3.63, 3.8) is 0 Å². The fourth-order valence-corrected chi connectivity index (χ4v) is 2.65. The molecule has 1 aromatic heterocycles. The summed E-state index contributed by atoms with van der Waals surface area (Å²) in [5.41, 5.74) is 0.979. The maximum Gasteiger partial charge on any atom is 0.410 e. The molecule has 134 valence electrons. The van der Waals surface area contributed by atoms with Crippen LogP contribution in [0.1, 0.15) is 5.56 Å². The number of ether oxygens (including phenoxy) is 2. The Morgan fingerprint density at radius 1 is 1.16 bits per heavy atom. The molecule has 9 nitrogen and oxygen atoms in total. The first-order valence-corrected chi connectivity index (χ1v) is 8.23. The molecule has 0 spiro atoms. The molecule has 0 N–H and O–H groups in total. The van der Waals surface area contributed by atoms with Gasteiger partial charge in [-0.25, -0.2) is 9.48 Å². The van der Waals surface area contributed by atoms with E-state index >= 15 is 0 Å². The zero-order valence-electron chi connectivity index (χ0n) is 14.2. The van der Waals surface area contributed by atoms with E-state index in [1.165, 1.54) is 0 Å². The van der Waals surface area contributed by atoms with Crippen LogP contribution < -0.4 is 4.90 Å². The highest BCUT2D eigenvalue weighted by atomic mass is 16.6. The van der Waals surface area contributed by atoms with Gasteiger partial charge in [-0.3, -0.25) is 0 Å². The second-order valence-electron chi connectivity index (χ2n) is 5.71. The minimum absolute atomic E-state index is 0.287. The first-order valence-electron chi connectivity index (χ1n) is 8.23. The number of carbonyl (C=O) groups excluding carboxylic acids is 1. The second kappa shape index (κ2) is 8.43. The van der Waals surface area contributed by atoms with Crippen LogP contribution >= 0.6 is 0 Å². The molecular weight excluding hydrogens is 324 g/mol. The molecular formula is C16H22N6O3. The maximum absolute atomic E-state index is 12.2. The van der Waals surface area contributed by atoms with Gasteiger partial charge in [-0.1, -0.05) is 35.4 Å². The van der Waals surface area contributed by atoms with Gasteiger partial charge < -0.3 is 19.3 Å². The zero-order valence-corrected chi connectivity index (χ0v) is 14.2. The number of methoxy groups -OCH3 is 1. The summed E-state index contributed by atoms with van der Waals surface area (Å²) in [5, 5.41) is 11.8. The molecule has 0 atom stereocenters. The summed E-state index contributed by atoms with van der Waals surface area (Å²) in [4.78, 5) is 16.0. The van der Waals surface area contributed by atoms with Crippen LogP contribution in [0, 0.1) is 0 Å². The van der Waals surface area contributed by atoms with E-state index in [0.717, 1.165) is 5.56 Å². The summed E-state index contributed by atoms with van der Waals surface area (Å²) in [5.74, 6) is 0.703. The van der Waals surface area contributed by atoms with Crippen molar-refractivity contribution in [1.82, 2.24) is 25.1 Å². The van der Waals surface area contributed by atoms with E-state index in [2.05, 4.69) is 20.4 Å². The number of piperazine rings is 1. The molecule has 1 aromatic carbocycles. The highest BCUT2D eigenvalue weighted by molar-refractivity contribution is 5.68. The van der Waals surface area contributed by atoms with Crippen molar-refractivity contribution >= 4 is 12.0 Å². The molecule has 1 saturated heterocycles. The lowest BCUT2D eigenvalue weighted by Gasteiger charge is -2.34. The molecule has 1 aliphatic rings. The monoisotopic (exact) mass is 346 g/mol. The van der Waals surface area contributed by atoms with Crippen LogP contribution in [0.5, 0.6) is 0 Å². The first kappa shape index (κ1) is 17.2. The van der Waals surface area contributed by atoms with Crippen LogP contribution in [0.15, 0.2) is 30.3 Å². The second-order valence-corrected chi connectivity index (χ2v) is 5.71. The van der Waals surface area contributed by atoms with Gasteiger partial charge in [0.25, 0.3) is 0 Å². The van der Waals surface area contributed by atoms with Crippen LogP contribution in [0.25, 0.3) is 0 Å². The third-order valence-electron chi connectivity index (χ3n) is 4.05. The van der Waals surface area contributed by atoms with Gasteiger partial charge in [0.05, 0.1) is 13.2 Å². The highest BCUT2D eigenvalue weighted by Gasteiger charge is 2.25. The molecule has 1 fully saturated rings. The Bertz CT molecular complexity index is 670. The smallest absolute Gasteiger partial charge is 0.410 e. The van der Waals surface area contributed by atoms with E-state index in [9.17, 15) is 4.79 Å². The maximum atomic E-state index is 12.2. The van der Waals surface area contributed by atoms with E-state index in [0.29, 0.717) is 45.3 Å². The lowest BCUT2D eigenvalue weighted by molar-refractivity contribution is 0.0940. The predicted molar refractivity (Wildman–Crippen MR) is 90.1 cm³/mol. The van der Waals surface area contributed by atoms with Crippen molar-refractivity contribution in [3.8, 4) is 0 Å². The molecule has 0 bridgehead atoms. The molecule has 1 aliphatic heterocycles. The fourth-order valence-electron chi connectivity index (χ4n) is 2.65. The van der Waals surface area contributed by atoms with Crippen molar-refractivity contribution in [3.05, 3.63) is 35.9 Å². The Morgan fingerprint density at radius 2 is 1.92 bits per heavy atom. The number of tetrazole rings is 1. The quantitative estimate of drug-likeness (QED) is 0.764. The van der Waals surface area contributed by atoms with Gasteiger partial charge in [0.2, 0.25) is 5.95 Å². The van der Waals surface area contributed by atoms with Crippen molar-refractivity contribution in [2.75, 3.05) is 44.8 Å². The van der Waals surface area contributed by atoms with Crippen molar-refractivity contribution in [1.29, 1.82) is 0 Å². The standard InChI is InChI=1S/C16H22N6O3/c1-24-12-11-22-15(17-18-19-22)20-7-9-21(10-8-20)16(23)25-13-14-5-3-2-4-6-14/h2-6H,7-13H2,1H3. The van der Waals surface area contributed by atoms with Gasteiger partial charge in [-0.2, -0.15) is 0 Å². The van der Waals surface area contributed by atoms with Gasteiger partial charge in [0.1, 0.15) is 6.61 Å². The lowest BCUT2D eigenvalue weighted by Crippen LogP contribution is -2.49. The molecule has 0 aliphatic carbocycles. The Labute approximate surface area is 146 Å². The number of carbonyl (C=O) groups is 1. The summed E-state index contributed by atoms with van der Waals surface area (Å²) in [7, 11) is 1.64. The van der Waals surface area contributed by atoms with E-state index in [4.69, 9.17) is 9.47 Å². The van der Waals surface area contributed by atoms with E-state index in [1.54, 1.807) is 16.7 Å². The molecule has 9 heteroatoms. The molecule has 3 rings (SSSR count). The van der Waals surface area contributed by atoms with Crippen molar-refractivity contribution in [2.24, 2.45) is 0 Å². The molecule has 0 saturated carbocycles. The van der Waals surface area contributed by atoms with Gasteiger partial charge in [0.15, 0.2) is 0 Å². The molecule has 1 amide bonds. The van der Waals surface area contributed by atoms with Crippen LogP contribution in [0.2, 0.25) is 0 Å². The Hall–Kier alpha value is -2.68. The molecule has 25 heavy (non-hydrogen) atoms. The summed E-state index contributed by atoms with van der Waals surface area (Å²) in [6.07, 6.45) is -0.289. The Kier molecular flexibility index (Phi) is 5.78. The molecule has 2 aromatic rings. The van der Waals surface area contributed by atoms with E-state index < -0.39 is 0 Å². The minimum atomic E-state index is -0.289. The van der Waals surface area contributed by atoms with Gasteiger partial charge in [-0.05, 0) is 16.0 Å². The summed E-state index contributed by atoms with van der Waals surface area (Å²) in [6, 6.07) is 9.66. The Morgan fingerprint density at radius 3 is 2.64 bits per heavy atom. The number of anilines is 1. The average Bonchev–Trinajstić information content (AvgIpc) is 3.14. The fraction of sp³-hybridized carbons (Fsp3) is 0.500. The van der Waals surface area contributed by atoms with Crippen LogP contribution in [-0.2, 0) is 22.6 Å². The average molecular weight is 346 g/mol. The predicted octanol–water partition coefficient (Wildman–Crippen LogP) is 0.778. The SMILES string of the molecule is COCCn1nnnc1N1CCN(C(=O)OCc2ccccc2)CC1. The molecule has 0 unspecified atom stereocenters. The van der Waals surface area contributed by atoms with Gasteiger partial charge in [0, 0.05) is 33.3 Å². The van der Waals surface area contributed by atoms with Gasteiger partial charge in [-0.15, -0.1) is 0 Å². The lowest BCUT2D eigenvalue weighted by atomic mass is 10.2. The first-order chi connectivity index (χ1) is 12.3. The van der Waals surface area contributed by atoms with Gasteiger partial charge >= 0.3 is 6.09 Å². The third-order valence-corrected chi connectivity index (χ3v) is 4.05. The number of benzene rings is 1. The number of hydrogen-bond donors (Lipinski definition) is 0. The summed E-state index contributed by atoms with van der Waals surface area (Å²) < 4.78 is 12.2. The normalized spacial score (nSPS) is 14.6. The van der Waals surface area contributed by atoms with Crippen molar-refractivity contribution in [2.45, 2.75) is 13.2 Å². The number of rotatable bonds is 6. The molecule has 0 radical (unpaired) electrons. The third kappa shape index (κ3) is 4.44. The van der Waals surface area contributed by atoms with Crippen LogP contribution in [0.3, 0.4) is 0 Å². The summed E-state index contributed by atoms with van der Waals surface area (Å²) >= 11 is 0. The zero-order chi connectivity index (χ0) is 17.5. The molecule has 2 heterocycles. The number of aromatic nitrogens is 4.